The minimum Gasteiger partial charge on any atom is -0.225 e. The molecule has 16 aromatic carbocycles. The molecule has 0 fully saturated rings. The van der Waals surface area contributed by atoms with Gasteiger partial charge in [0.1, 0.15) is 22.7 Å². The number of hydrogen-bond donors (Lipinski definition) is 0. The molecule has 8 nitrogen and oxygen atoms in total. The van der Waals surface area contributed by atoms with Gasteiger partial charge in [-0.2, -0.15) is 18.3 Å². The lowest BCUT2D eigenvalue weighted by atomic mass is 9.92. The number of benzene rings is 16. The van der Waals surface area contributed by atoms with E-state index in [9.17, 15) is 0 Å². The molecule has 0 saturated carbocycles. The molecule has 0 aliphatic heterocycles. The second kappa shape index (κ2) is 38.2. The Bertz CT molecular complexity index is 7500. The van der Waals surface area contributed by atoms with Gasteiger partial charge < -0.3 is 0 Å². The third-order valence-electron chi connectivity index (χ3n) is 26.9. The molecule has 0 aliphatic rings. The van der Waals surface area contributed by atoms with E-state index in [1.54, 1.807) is 0 Å². The van der Waals surface area contributed by atoms with Crippen molar-refractivity contribution in [3.63, 3.8) is 0 Å². The maximum Gasteiger partial charge on any atom is 0.295 e. The van der Waals surface area contributed by atoms with E-state index in [1.807, 2.05) is 0 Å². The van der Waals surface area contributed by atoms with Crippen LogP contribution >= 0.6 is 0 Å². The zero-order chi connectivity index (χ0) is 92.4. The zero-order valence-corrected chi connectivity index (χ0v) is 80.5. The van der Waals surface area contributed by atoms with Crippen LogP contribution in [0.3, 0.4) is 0 Å². The molecule has 8 heteroatoms. The lowest BCUT2D eigenvalue weighted by Gasteiger charge is -2.18. The van der Waals surface area contributed by atoms with Crippen LogP contribution in [0.5, 0.6) is 0 Å². The molecule has 20 rings (SSSR count). The number of aryl methyl sites for hydroxylation is 12. The first-order chi connectivity index (χ1) is 63.9. The van der Waals surface area contributed by atoms with Crippen LogP contribution in [0.25, 0.3) is 157 Å². The van der Waals surface area contributed by atoms with Crippen LogP contribution in [0.1, 0.15) is 146 Å². The summed E-state index contributed by atoms with van der Waals surface area (Å²) in [6.45, 7) is 36.1. The van der Waals surface area contributed by atoms with Crippen molar-refractivity contribution in [2.24, 2.45) is 28.2 Å². The minimum absolute atomic E-state index is 0.411. The van der Waals surface area contributed by atoms with Gasteiger partial charge in [0.15, 0.2) is 44.1 Å². The number of imidazole rings is 4. The molecule has 0 spiro atoms. The Labute approximate surface area is 781 Å². The quantitative estimate of drug-likeness (QED) is 0.0865. The molecule has 4 aromatic heterocycles. The first-order valence-corrected chi connectivity index (χ1v) is 46.9. The predicted molar refractivity (Wildman–Crippen MR) is 556 cm³/mol. The summed E-state index contributed by atoms with van der Waals surface area (Å²) in [7, 11) is 8.77. The zero-order valence-electron chi connectivity index (χ0n) is 80.5. The third kappa shape index (κ3) is 17.1. The molecule has 0 N–H and O–H groups in total. The van der Waals surface area contributed by atoms with Crippen LogP contribution in [-0.2, 0) is 28.2 Å². The van der Waals surface area contributed by atoms with Gasteiger partial charge in [0.05, 0.1) is 50.4 Å². The summed E-state index contributed by atoms with van der Waals surface area (Å²) in [5.74, 6) is 6.50. The smallest absolute Gasteiger partial charge is 0.225 e. The van der Waals surface area contributed by atoms with Gasteiger partial charge in [-0.25, -0.2) is 18.3 Å². The standard InChI is InChI=1S/2C33H35N2.2C29H27N2/c1-22(2)27-17-12-18-28(23(3)4)32(27)35-31-21-26(25-14-8-7-9-15-25)19-20-30(31)34(6)33(35)29-16-11-10-13-24(29)5;1-22(2)27-15-12-16-28(23(3)4)32(27)35-31-18-11-10-17-30(31)34(6)33(35)29-21-26(20-19-24(29)5)25-13-8-7-9-14-25;1-20-11-8-9-16-25(20)29-30(4)27-19-24(23-14-6-5-7-15-23)17-18-26(27)31(29)28-21(2)12-10-13-22(28)3;1-20-11-8-9-16-25(20)29-30(4)26-18-17-24(23-14-6-5-7-15-23)19-27(26)31(29)28-21(2)12-10-13-22(28)3/h2*7-23H,1-6H3;2*5-19H,1-4H3/q4*+1. The molecular weight excluding hydrogens is 1600 g/mol. The van der Waals surface area contributed by atoms with Gasteiger partial charge in [-0.1, -0.05) is 328 Å². The normalized spacial score (nSPS) is 11.5. The minimum atomic E-state index is 0.411. The Morgan fingerprint density at radius 3 is 0.879 bits per heavy atom. The Balaban J connectivity index is 0.000000123. The van der Waals surface area contributed by atoms with Crippen LogP contribution in [0.4, 0.5) is 0 Å². The average Bonchev–Trinajstić information content (AvgIpc) is 1.68. The SMILES string of the molecule is Cc1ccc(-c2ccccc2)cc1-c1n(-c2c(C(C)C)cccc2C(C)C)c2ccccc2[n+]1C.Cc1ccccc1-c1n(-c2c(C(C)C)cccc2C(C)C)c2cc(-c3ccccc3)ccc2[n+]1C.Cc1ccccc1-c1n(-c2c(C)cccc2C)c2cc(-c3ccccc3)ccc2[n+]1C.Cc1ccccc1-c1n(C)c2cc(-c3ccccc3)ccc2[n+]1-c1c(C)cccc1C. The highest BCUT2D eigenvalue weighted by molar-refractivity contribution is 5.89. The molecular formula is C124H124N8+4. The molecule has 0 bridgehead atoms. The van der Waals surface area contributed by atoms with E-state index in [4.69, 9.17) is 0 Å². The summed E-state index contributed by atoms with van der Waals surface area (Å²) < 4.78 is 19.4. The van der Waals surface area contributed by atoms with Crippen LogP contribution in [0, 0.1) is 55.4 Å². The van der Waals surface area contributed by atoms with E-state index in [1.165, 1.54) is 224 Å². The molecule has 4 heterocycles. The van der Waals surface area contributed by atoms with Crippen molar-refractivity contribution in [1.82, 2.24) is 18.3 Å². The maximum absolute atomic E-state index is 2.54. The first-order valence-electron chi connectivity index (χ1n) is 46.9. The van der Waals surface area contributed by atoms with Gasteiger partial charge in [-0.05, 0) is 259 Å². The second-order valence-corrected chi connectivity index (χ2v) is 37.1. The molecule has 0 atom stereocenters. The fourth-order valence-electron chi connectivity index (χ4n) is 19.9. The number of aromatic nitrogens is 8. The van der Waals surface area contributed by atoms with Crippen LogP contribution in [0.15, 0.2) is 364 Å². The molecule has 0 aliphatic carbocycles. The summed E-state index contributed by atoms with van der Waals surface area (Å²) in [6, 6.07) is 132. The predicted octanol–water partition coefficient (Wildman–Crippen LogP) is 30.1. The fraction of sp³-hybridized carbons (Fsp3) is 0.194. The second-order valence-electron chi connectivity index (χ2n) is 37.1. The fourth-order valence-corrected chi connectivity index (χ4v) is 19.9. The van der Waals surface area contributed by atoms with Crippen molar-refractivity contribution in [3.05, 3.63) is 431 Å². The maximum atomic E-state index is 2.54. The van der Waals surface area contributed by atoms with E-state index >= 15 is 0 Å². The van der Waals surface area contributed by atoms with Crippen molar-refractivity contribution in [1.29, 1.82) is 0 Å². The van der Waals surface area contributed by atoms with Crippen LogP contribution in [-0.4, -0.2) is 18.3 Å². The number of rotatable bonds is 16. The molecule has 0 saturated heterocycles. The Hall–Kier alpha value is -14.6. The third-order valence-corrected chi connectivity index (χ3v) is 26.9. The summed E-state index contributed by atoms with van der Waals surface area (Å²) in [5, 5.41) is 0. The lowest BCUT2D eigenvalue weighted by molar-refractivity contribution is -0.634. The van der Waals surface area contributed by atoms with Crippen molar-refractivity contribution < 1.29 is 18.3 Å². The first kappa shape index (κ1) is 89.4. The van der Waals surface area contributed by atoms with Crippen molar-refractivity contribution >= 4 is 44.1 Å². The molecule has 132 heavy (non-hydrogen) atoms. The van der Waals surface area contributed by atoms with Crippen LogP contribution in [0.2, 0.25) is 0 Å². The van der Waals surface area contributed by atoms with Gasteiger partial charge in [-0.15, -0.1) is 0 Å². The van der Waals surface area contributed by atoms with Gasteiger partial charge >= 0.3 is 0 Å². The summed E-state index contributed by atoms with van der Waals surface area (Å²) >= 11 is 0. The summed E-state index contributed by atoms with van der Waals surface area (Å²) in [5.41, 5.74) is 45.7. The Morgan fingerprint density at radius 1 is 0.205 bits per heavy atom. The van der Waals surface area contributed by atoms with Crippen LogP contribution < -0.4 is 18.3 Å². The van der Waals surface area contributed by atoms with E-state index in [0.717, 1.165) is 0 Å². The number of para-hydroxylation sites is 6. The van der Waals surface area contributed by atoms with Crippen molar-refractivity contribution in [2.75, 3.05) is 0 Å². The number of nitrogens with zero attached hydrogens (tertiary/aromatic N) is 8. The molecule has 0 amide bonds. The van der Waals surface area contributed by atoms with Gasteiger partial charge in [0.25, 0.3) is 23.3 Å². The van der Waals surface area contributed by atoms with E-state index < -0.39 is 0 Å². The lowest BCUT2D eigenvalue weighted by Crippen LogP contribution is -2.35. The highest BCUT2D eigenvalue weighted by Crippen LogP contribution is 2.43. The summed E-state index contributed by atoms with van der Waals surface area (Å²) in [4.78, 5) is 0. The topological polar surface area (TPSA) is 35.2 Å². The highest BCUT2D eigenvalue weighted by Gasteiger charge is 2.36. The molecule has 0 unspecified atom stereocenters. The Morgan fingerprint density at radius 2 is 0.485 bits per heavy atom. The molecule has 0 radical (unpaired) electrons. The number of fused-ring (bicyclic) bond motifs is 4. The van der Waals surface area contributed by atoms with Gasteiger partial charge in [0, 0.05) is 22.3 Å². The van der Waals surface area contributed by atoms with Gasteiger partial charge in [-0.3, -0.25) is 0 Å². The number of hydrogen-bond acceptors (Lipinski definition) is 0. The monoisotopic (exact) mass is 1720 g/mol. The highest BCUT2D eigenvalue weighted by atomic mass is 15.2. The summed E-state index contributed by atoms with van der Waals surface area (Å²) in [6.07, 6.45) is 0. The van der Waals surface area contributed by atoms with Gasteiger partial charge in [0.2, 0.25) is 0 Å². The van der Waals surface area contributed by atoms with E-state index in [-0.39, 0.29) is 0 Å². The van der Waals surface area contributed by atoms with E-state index in [2.05, 4.69) is 539 Å². The molecule has 20 aromatic rings. The van der Waals surface area contributed by atoms with E-state index in [0.29, 0.717) is 23.7 Å². The van der Waals surface area contributed by atoms with Crippen molar-refractivity contribution in [2.45, 2.75) is 134 Å². The Kier molecular flexibility index (Phi) is 25.9. The van der Waals surface area contributed by atoms with Crippen molar-refractivity contribution in [3.8, 4) is 113 Å². The average molecular weight is 1730 g/mol. The largest absolute Gasteiger partial charge is 0.295 e. The molecule has 656 valence electrons.